The predicted octanol–water partition coefficient (Wildman–Crippen LogP) is 2.71. The van der Waals surface area contributed by atoms with E-state index < -0.39 is 10.0 Å². The van der Waals surface area contributed by atoms with Crippen molar-refractivity contribution in [1.29, 1.82) is 0 Å². The smallest absolute Gasteiger partial charge is 0.271 e. The van der Waals surface area contributed by atoms with Crippen LogP contribution in [0.4, 0.5) is 5.69 Å². The standard InChI is InChI=1S/C9H7BrN2O2S2/c10-8-3-4-9(15-8)16(13,14)12-7-2-1-5-11-6-7/h1-6,12H. The van der Waals surface area contributed by atoms with Crippen LogP contribution >= 0.6 is 27.3 Å². The molecule has 0 atom stereocenters. The van der Waals surface area contributed by atoms with Crippen molar-refractivity contribution in [3.05, 3.63) is 40.4 Å². The fourth-order valence-corrected chi connectivity index (χ4v) is 4.12. The van der Waals surface area contributed by atoms with Crippen molar-refractivity contribution in [3.63, 3.8) is 0 Å². The SMILES string of the molecule is O=S(=O)(Nc1cccnc1)c1ccc(Br)s1. The molecule has 0 spiro atoms. The Balaban J connectivity index is 2.28. The normalized spacial score (nSPS) is 11.3. The maximum Gasteiger partial charge on any atom is 0.271 e. The second-order valence-corrected chi connectivity index (χ2v) is 7.28. The lowest BCUT2D eigenvalue weighted by molar-refractivity contribution is 0.603. The van der Waals surface area contributed by atoms with Gasteiger partial charge in [0.2, 0.25) is 0 Å². The van der Waals surface area contributed by atoms with Gasteiger partial charge in [-0.1, -0.05) is 0 Å². The molecule has 0 amide bonds. The topological polar surface area (TPSA) is 59.1 Å². The molecule has 0 unspecified atom stereocenters. The first-order chi connectivity index (χ1) is 7.58. The van der Waals surface area contributed by atoms with E-state index in [0.29, 0.717) is 5.69 Å². The first-order valence-electron chi connectivity index (χ1n) is 4.26. The molecule has 0 aliphatic heterocycles. The zero-order chi connectivity index (χ0) is 11.6. The minimum absolute atomic E-state index is 0.267. The number of hydrogen-bond donors (Lipinski definition) is 1. The van der Waals surface area contributed by atoms with Crippen molar-refractivity contribution < 1.29 is 8.42 Å². The average molecular weight is 319 g/mol. The molecular formula is C9H7BrN2O2S2. The van der Waals surface area contributed by atoms with Gasteiger partial charge in [0.1, 0.15) is 4.21 Å². The lowest BCUT2D eigenvalue weighted by Gasteiger charge is -2.04. The molecule has 0 radical (unpaired) electrons. The van der Waals surface area contributed by atoms with Gasteiger partial charge in [-0.3, -0.25) is 9.71 Å². The monoisotopic (exact) mass is 318 g/mol. The third-order valence-corrected chi connectivity index (χ3v) is 5.22. The Hall–Kier alpha value is -0.920. The summed E-state index contributed by atoms with van der Waals surface area (Å²) in [6, 6.07) is 6.56. The van der Waals surface area contributed by atoms with Gasteiger partial charge in [0.15, 0.2) is 0 Å². The van der Waals surface area contributed by atoms with E-state index in [2.05, 4.69) is 25.6 Å². The molecule has 2 aromatic rings. The van der Waals surface area contributed by atoms with Crippen molar-refractivity contribution in [2.24, 2.45) is 0 Å². The third-order valence-electron chi connectivity index (χ3n) is 1.73. The zero-order valence-corrected chi connectivity index (χ0v) is 11.1. The zero-order valence-electron chi connectivity index (χ0n) is 7.92. The van der Waals surface area contributed by atoms with Gasteiger partial charge in [-0.2, -0.15) is 0 Å². The Kier molecular flexibility index (Phi) is 3.27. The summed E-state index contributed by atoms with van der Waals surface area (Å²) in [5.74, 6) is 0. The Morgan fingerprint density at radius 3 is 2.69 bits per heavy atom. The van der Waals surface area contributed by atoms with Crippen LogP contribution < -0.4 is 4.72 Å². The van der Waals surface area contributed by atoms with Gasteiger partial charge < -0.3 is 0 Å². The second kappa shape index (κ2) is 4.52. The molecule has 2 heterocycles. The molecule has 1 N–H and O–H groups in total. The molecule has 0 saturated carbocycles. The summed E-state index contributed by atoms with van der Waals surface area (Å²) in [7, 11) is -3.49. The van der Waals surface area contributed by atoms with Crippen LogP contribution in [-0.2, 0) is 10.0 Å². The van der Waals surface area contributed by atoms with Gasteiger partial charge in [-0.15, -0.1) is 11.3 Å². The van der Waals surface area contributed by atoms with Gasteiger partial charge in [-0.25, -0.2) is 8.42 Å². The highest BCUT2D eigenvalue weighted by Gasteiger charge is 2.16. The van der Waals surface area contributed by atoms with Crippen LogP contribution in [0.5, 0.6) is 0 Å². The first kappa shape index (κ1) is 11.6. The van der Waals surface area contributed by atoms with Crippen LogP contribution in [0.1, 0.15) is 0 Å². The third kappa shape index (κ3) is 2.60. The minimum Gasteiger partial charge on any atom is -0.277 e. The number of aromatic nitrogens is 1. The summed E-state index contributed by atoms with van der Waals surface area (Å²) in [6.45, 7) is 0. The van der Waals surface area contributed by atoms with Gasteiger partial charge in [0, 0.05) is 6.20 Å². The quantitative estimate of drug-likeness (QED) is 0.946. The number of thiophene rings is 1. The molecule has 2 rings (SSSR count). The molecule has 4 nitrogen and oxygen atoms in total. The summed E-state index contributed by atoms with van der Waals surface area (Å²) < 4.78 is 27.2. The van der Waals surface area contributed by atoms with Crippen molar-refractivity contribution in [2.45, 2.75) is 4.21 Å². The molecule has 0 aliphatic rings. The number of pyridine rings is 1. The molecule has 7 heteroatoms. The van der Waals surface area contributed by atoms with Crippen LogP contribution in [0.25, 0.3) is 0 Å². The molecule has 2 aromatic heterocycles. The predicted molar refractivity (Wildman–Crippen MR) is 67.1 cm³/mol. The highest BCUT2D eigenvalue weighted by Crippen LogP contribution is 2.27. The van der Waals surface area contributed by atoms with Gasteiger partial charge >= 0.3 is 0 Å². The molecule has 0 bridgehead atoms. The lowest BCUT2D eigenvalue weighted by Crippen LogP contribution is -2.11. The number of nitrogens with zero attached hydrogens (tertiary/aromatic N) is 1. The summed E-state index contributed by atoms with van der Waals surface area (Å²) in [4.78, 5) is 3.83. The summed E-state index contributed by atoms with van der Waals surface area (Å²) in [6.07, 6.45) is 3.04. The summed E-state index contributed by atoms with van der Waals surface area (Å²) in [5, 5.41) is 0. The maximum atomic E-state index is 11.9. The average Bonchev–Trinajstić information content (AvgIpc) is 2.66. The van der Waals surface area contributed by atoms with E-state index in [1.165, 1.54) is 6.20 Å². The van der Waals surface area contributed by atoms with Crippen LogP contribution in [0.3, 0.4) is 0 Å². The minimum atomic E-state index is -3.49. The Labute approximate surface area is 106 Å². The Morgan fingerprint density at radius 2 is 2.12 bits per heavy atom. The molecule has 0 aromatic carbocycles. The molecule has 0 saturated heterocycles. The number of sulfonamides is 1. The van der Waals surface area contributed by atoms with Crippen LogP contribution in [0.15, 0.2) is 44.7 Å². The second-order valence-electron chi connectivity index (χ2n) is 2.91. The van der Waals surface area contributed by atoms with E-state index >= 15 is 0 Å². The van der Waals surface area contributed by atoms with Crippen LogP contribution in [-0.4, -0.2) is 13.4 Å². The van der Waals surface area contributed by atoms with E-state index in [-0.39, 0.29) is 4.21 Å². The number of nitrogens with one attached hydrogen (secondary N) is 1. The fraction of sp³-hybridized carbons (Fsp3) is 0. The number of anilines is 1. The Morgan fingerprint density at radius 1 is 1.31 bits per heavy atom. The fourth-order valence-electron chi connectivity index (χ4n) is 1.07. The van der Waals surface area contributed by atoms with Gasteiger partial charge in [-0.05, 0) is 40.2 Å². The van der Waals surface area contributed by atoms with Crippen molar-refractivity contribution in [3.8, 4) is 0 Å². The van der Waals surface area contributed by atoms with Crippen molar-refractivity contribution in [1.82, 2.24) is 4.98 Å². The van der Waals surface area contributed by atoms with Gasteiger partial charge in [0.05, 0.1) is 15.7 Å². The van der Waals surface area contributed by atoms with E-state index in [9.17, 15) is 8.42 Å². The summed E-state index contributed by atoms with van der Waals surface area (Å²) in [5.41, 5.74) is 0.451. The number of hydrogen-bond acceptors (Lipinski definition) is 4. The van der Waals surface area contributed by atoms with Crippen molar-refractivity contribution in [2.75, 3.05) is 4.72 Å². The Bertz CT molecular complexity index is 581. The van der Waals surface area contributed by atoms with Gasteiger partial charge in [0.25, 0.3) is 10.0 Å². The molecule has 84 valence electrons. The van der Waals surface area contributed by atoms with E-state index in [1.807, 2.05) is 0 Å². The number of rotatable bonds is 3. The highest BCUT2D eigenvalue weighted by atomic mass is 79.9. The van der Waals surface area contributed by atoms with E-state index in [0.717, 1.165) is 15.1 Å². The van der Waals surface area contributed by atoms with E-state index in [1.54, 1.807) is 30.5 Å². The summed E-state index contributed by atoms with van der Waals surface area (Å²) >= 11 is 4.38. The van der Waals surface area contributed by atoms with Crippen LogP contribution in [0, 0.1) is 0 Å². The maximum absolute atomic E-state index is 11.9. The largest absolute Gasteiger partial charge is 0.277 e. The molecule has 0 aliphatic carbocycles. The molecular weight excluding hydrogens is 312 g/mol. The van der Waals surface area contributed by atoms with Crippen LogP contribution in [0.2, 0.25) is 0 Å². The highest BCUT2D eigenvalue weighted by molar-refractivity contribution is 9.11. The number of halogens is 1. The van der Waals surface area contributed by atoms with E-state index in [4.69, 9.17) is 0 Å². The molecule has 16 heavy (non-hydrogen) atoms. The van der Waals surface area contributed by atoms with Crippen molar-refractivity contribution >= 4 is 43.0 Å². The molecule has 0 fully saturated rings. The first-order valence-corrected chi connectivity index (χ1v) is 7.35. The lowest BCUT2D eigenvalue weighted by atomic mass is 10.4.